The van der Waals surface area contributed by atoms with Crippen molar-refractivity contribution in [1.29, 1.82) is 0 Å². The van der Waals surface area contributed by atoms with Crippen molar-refractivity contribution >= 4 is 49.6 Å². The van der Waals surface area contributed by atoms with Gasteiger partial charge >= 0.3 is 0 Å². The third-order valence-corrected chi connectivity index (χ3v) is 8.99. The number of aromatic nitrogens is 2. The van der Waals surface area contributed by atoms with Crippen LogP contribution in [0, 0.1) is 12.8 Å². The number of aryl methyl sites for hydroxylation is 1. The van der Waals surface area contributed by atoms with Crippen molar-refractivity contribution < 1.29 is 13.2 Å². The molecule has 4 aromatic rings. The molecule has 180 valence electrons. The number of nitrogens with one attached hydrogen (secondary N) is 1. The Kier molecular flexibility index (Phi) is 6.59. The second-order valence-electron chi connectivity index (χ2n) is 8.58. The van der Waals surface area contributed by atoms with E-state index in [9.17, 15) is 13.2 Å². The van der Waals surface area contributed by atoms with Crippen LogP contribution in [-0.4, -0.2) is 48.8 Å². The number of sulfonamides is 1. The monoisotopic (exact) mass is 526 g/mol. The molecule has 1 aliphatic heterocycles. The highest BCUT2D eigenvalue weighted by atomic mass is 35.5. The molecule has 3 heterocycles. The molecule has 1 atom stereocenters. The van der Waals surface area contributed by atoms with Crippen LogP contribution in [0.4, 0.5) is 0 Å². The third kappa shape index (κ3) is 5.08. The summed E-state index contributed by atoms with van der Waals surface area (Å²) >= 11 is 7.39. The molecule has 7 nitrogen and oxygen atoms in total. The number of rotatable bonds is 6. The van der Waals surface area contributed by atoms with Crippen LogP contribution < -0.4 is 4.72 Å². The first kappa shape index (κ1) is 23.9. The highest BCUT2D eigenvalue weighted by molar-refractivity contribution is 7.89. The number of benzene rings is 2. The summed E-state index contributed by atoms with van der Waals surface area (Å²) in [5, 5.41) is 3.08. The van der Waals surface area contributed by atoms with Crippen LogP contribution in [0.25, 0.3) is 21.3 Å². The van der Waals surface area contributed by atoms with E-state index < -0.39 is 10.0 Å². The first-order chi connectivity index (χ1) is 16.8. The van der Waals surface area contributed by atoms with Gasteiger partial charge in [-0.2, -0.15) is 0 Å². The minimum Gasteiger partial charge on any atom is -0.338 e. The lowest BCUT2D eigenvalue weighted by molar-refractivity contribution is 0.0791. The summed E-state index contributed by atoms with van der Waals surface area (Å²) in [5.74, 6) is -0.0141. The fourth-order valence-electron chi connectivity index (χ4n) is 4.21. The zero-order valence-corrected chi connectivity index (χ0v) is 21.3. The molecule has 0 aliphatic carbocycles. The van der Waals surface area contributed by atoms with Gasteiger partial charge in [-0.05, 0) is 66.4 Å². The van der Waals surface area contributed by atoms with E-state index in [1.807, 2.05) is 19.1 Å². The molecule has 35 heavy (non-hydrogen) atoms. The molecule has 0 radical (unpaired) electrons. The molecule has 0 saturated carbocycles. The number of carbonyl (C=O) groups excluding carboxylic acids is 1. The topological polar surface area (TPSA) is 92.3 Å². The normalized spacial score (nSPS) is 16.2. The predicted molar refractivity (Wildman–Crippen MR) is 138 cm³/mol. The summed E-state index contributed by atoms with van der Waals surface area (Å²) in [6.45, 7) is 3.20. The molecule has 1 N–H and O–H groups in total. The van der Waals surface area contributed by atoms with Gasteiger partial charge < -0.3 is 4.90 Å². The largest absolute Gasteiger partial charge is 0.338 e. The van der Waals surface area contributed by atoms with E-state index in [2.05, 4.69) is 14.7 Å². The zero-order valence-electron chi connectivity index (χ0n) is 18.9. The van der Waals surface area contributed by atoms with Crippen LogP contribution in [0.15, 0.2) is 65.8 Å². The predicted octanol–water partition coefficient (Wildman–Crippen LogP) is 4.76. The van der Waals surface area contributed by atoms with Crippen LogP contribution in [0.1, 0.15) is 21.8 Å². The lowest BCUT2D eigenvalue weighted by atomic mass is 10.1. The number of halogens is 1. The number of nitrogens with zero attached hydrogens (tertiary/aromatic N) is 3. The number of amides is 1. The lowest BCUT2D eigenvalue weighted by Crippen LogP contribution is -2.33. The van der Waals surface area contributed by atoms with Crippen molar-refractivity contribution in [3.8, 4) is 10.6 Å². The fourth-order valence-corrected chi connectivity index (χ4v) is 6.58. The van der Waals surface area contributed by atoms with Gasteiger partial charge in [0.15, 0.2) is 0 Å². The molecule has 1 fully saturated rings. The van der Waals surface area contributed by atoms with E-state index in [0.717, 1.165) is 27.8 Å². The van der Waals surface area contributed by atoms with Crippen molar-refractivity contribution in [3.63, 3.8) is 0 Å². The summed E-state index contributed by atoms with van der Waals surface area (Å²) < 4.78 is 28.5. The van der Waals surface area contributed by atoms with Crippen LogP contribution in [0.5, 0.6) is 0 Å². The Morgan fingerprint density at radius 1 is 1.14 bits per heavy atom. The highest BCUT2D eigenvalue weighted by Gasteiger charge is 2.30. The molecule has 2 aromatic carbocycles. The summed E-state index contributed by atoms with van der Waals surface area (Å²) in [7, 11) is -3.67. The van der Waals surface area contributed by atoms with Crippen LogP contribution in [-0.2, 0) is 10.0 Å². The van der Waals surface area contributed by atoms with Gasteiger partial charge in [-0.1, -0.05) is 23.7 Å². The molecule has 2 aromatic heterocycles. The van der Waals surface area contributed by atoms with Gasteiger partial charge in [0.25, 0.3) is 5.91 Å². The van der Waals surface area contributed by atoms with Crippen LogP contribution in [0.2, 0.25) is 5.02 Å². The van der Waals surface area contributed by atoms with Crippen LogP contribution in [0.3, 0.4) is 0 Å². The fraction of sp³-hybridized carbons (Fsp3) is 0.240. The molecule has 5 rings (SSSR count). The summed E-state index contributed by atoms with van der Waals surface area (Å²) in [4.78, 5) is 24.4. The van der Waals surface area contributed by atoms with E-state index in [4.69, 9.17) is 11.6 Å². The number of hydrogen-bond donors (Lipinski definition) is 1. The third-order valence-electron chi connectivity index (χ3n) is 6.14. The van der Waals surface area contributed by atoms with Gasteiger partial charge in [0.2, 0.25) is 10.0 Å². The number of hydrogen-bond acceptors (Lipinski definition) is 6. The highest BCUT2D eigenvalue weighted by Crippen LogP contribution is 2.30. The number of thiazole rings is 1. The molecule has 0 bridgehead atoms. The van der Waals surface area contributed by atoms with E-state index in [0.29, 0.717) is 28.7 Å². The maximum absolute atomic E-state index is 13.2. The average molecular weight is 527 g/mol. The quantitative estimate of drug-likeness (QED) is 0.391. The van der Waals surface area contributed by atoms with Crippen molar-refractivity contribution in [2.45, 2.75) is 18.2 Å². The first-order valence-electron chi connectivity index (χ1n) is 11.2. The maximum atomic E-state index is 13.2. The number of pyridine rings is 1. The Morgan fingerprint density at radius 2 is 1.89 bits per heavy atom. The van der Waals surface area contributed by atoms with Crippen molar-refractivity contribution in [1.82, 2.24) is 19.6 Å². The first-order valence-corrected chi connectivity index (χ1v) is 13.8. The molecule has 1 unspecified atom stereocenters. The standard InChI is InChI=1S/C25H23ClN4O3S2/c1-16-23(34-24(29-16)18-6-9-27-10-7-18)25(31)30-11-8-17(15-30)14-28-35(32,33)22-5-3-19-12-21(26)4-2-20(19)13-22/h2-7,9-10,12-13,17,28H,8,11,14-15H2,1H3. The van der Waals surface area contributed by atoms with Gasteiger partial charge in [-0.15, -0.1) is 11.3 Å². The van der Waals surface area contributed by atoms with Crippen molar-refractivity contribution in [3.05, 3.63) is 76.5 Å². The second-order valence-corrected chi connectivity index (χ2v) is 11.8. The number of likely N-dealkylation sites (tertiary alicyclic amines) is 1. The maximum Gasteiger partial charge on any atom is 0.265 e. The Labute approximate surface area is 212 Å². The van der Waals surface area contributed by atoms with Crippen LogP contribution >= 0.6 is 22.9 Å². The number of fused-ring (bicyclic) bond motifs is 1. The Balaban J connectivity index is 1.23. The van der Waals surface area contributed by atoms with Gasteiger partial charge in [-0.3, -0.25) is 9.78 Å². The SMILES string of the molecule is Cc1nc(-c2ccncc2)sc1C(=O)N1CCC(CNS(=O)(=O)c2ccc3cc(Cl)ccc3c2)C1. The Hall–Kier alpha value is -2.85. The second kappa shape index (κ2) is 9.66. The molecule has 10 heteroatoms. The minimum atomic E-state index is -3.67. The molecule has 1 amide bonds. The Morgan fingerprint density at radius 3 is 2.69 bits per heavy atom. The number of carbonyl (C=O) groups is 1. The lowest BCUT2D eigenvalue weighted by Gasteiger charge is -2.16. The van der Waals surface area contributed by atoms with E-state index in [1.165, 1.54) is 11.3 Å². The average Bonchev–Trinajstić information content (AvgIpc) is 3.49. The summed E-state index contributed by atoms with van der Waals surface area (Å²) in [6, 6.07) is 14.1. The molecular weight excluding hydrogens is 504 g/mol. The van der Waals surface area contributed by atoms with Crippen molar-refractivity contribution in [2.24, 2.45) is 5.92 Å². The molecular formula is C25H23ClN4O3S2. The van der Waals surface area contributed by atoms with Gasteiger partial charge in [-0.25, -0.2) is 18.1 Å². The molecule has 1 aliphatic rings. The zero-order chi connectivity index (χ0) is 24.6. The Bertz CT molecular complexity index is 1510. The van der Waals surface area contributed by atoms with Gasteiger partial charge in [0, 0.05) is 42.6 Å². The van der Waals surface area contributed by atoms with E-state index in [-0.39, 0.29) is 23.3 Å². The molecule has 0 spiro atoms. The van der Waals surface area contributed by atoms with Gasteiger partial charge in [0.05, 0.1) is 10.6 Å². The van der Waals surface area contributed by atoms with Crippen molar-refractivity contribution in [2.75, 3.05) is 19.6 Å². The minimum absolute atomic E-state index is 0.0425. The molecule has 1 saturated heterocycles. The summed E-state index contributed by atoms with van der Waals surface area (Å²) in [5.41, 5.74) is 1.63. The van der Waals surface area contributed by atoms with E-state index in [1.54, 1.807) is 53.7 Å². The summed E-state index contributed by atoms with van der Waals surface area (Å²) in [6.07, 6.45) is 4.14. The van der Waals surface area contributed by atoms with E-state index >= 15 is 0 Å². The smallest absolute Gasteiger partial charge is 0.265 e. The van der Waals surface area contributed by atoms with Gasteiger partial charge in [0.1, 0.15) is 9.88 Å².